The normalized spacial score (nSPS) is 26.0. The number of hydrogen-bond donors (Lipinski definition) is 2. The molecule has 2 amide bonds. The van der Waals surface area contributed by atoms with E-state index >= 15 is 0 Å². The third-order valence-corrected chi connectivity index (χ3v) is 11.9. The van der Waals surface area contributed by atoms with Gasteiger partial charge in [0.2, 0.25) is 11.8 Å². The number of nitrogens with zero attached hydrogens (tertiary/aromatic N) is 2. The van der Waals surface area contributed by atoms with E-state index in [9.17, 15) is 23.1 Å². The molecule has 0 aliphatic heterocycles. The second-order valence-electron chi connectivity index (χ2n) is 12.3. The van der Waals surface area contributed by atoms with Gasteiger partial charge in [0.05, 0.1) is 16.7 Å². The van der Waals surface area contributed by atoms with Crippen molar-refractivity contribution in [1.29, 1.82) is 0 Å². The molecule has 1 heterocycles. The lowest BCUT2D eigenvalue weighted by Crippen LogP contribution is -2.53. The SMILES string of the molecule is C[C@H](C(=O)N(C)Cc1ccccc1)[C@@H]1CC[C@@]2(C)Cc3sc(NC(=O)CS(=O)(=O)c4ccccc4)nc3[C@@H](C)[C@@H]2[C@H]1O. The van der Waals surface area contributed by atoms with Gasteiger partial charge in [0, 0.05) is 30.3 Å². The van der Waals surface area contributed by atoms with Crippen molar-refractivity contribution in [2.24, 2.45) is 23.2 Å². The molecule has 5 rings (SSSR count). The summed E-state index contributed by atoms with van der Waals surface area (Å²) >= 11 is 1.38. The summed E-state index contributed by atoms with van der Waals surface area (Å²) in [6.45, 7) is 6.72. The second kappa shape index (κ2) is 11.9. The van der Waals surface area contributed by atoms with Crippen LogP contribution in [0.4, 0.5) is 5.13 Å². The summed E-state index contributed by atoms with van der Waals surface area (Å²) < 4.78 is 25.3. The maximum Gasteiger partial charge on any atom is 0.241 e. The van der Waals surface area contributed by atoms with Gasteiger partial charge >= 0.3 is 0 Å². The Labute approximate surface area is 252 Å². The molecule has 3 aromatic rings. The van der Waals surface area contributed by atoms with Crippen LogP contribution in [0.1, 0.15) is 55.7 Å². The highest BCUT2D eigenvalue weighted by molar-refractivity contribution is 7.92. The summed E-state index contributed by atoms with van der Waals surface area (Å²) in [6.07, 6.45) is 1.67. The van der Waals surface area contributed by atoms with Crippen molar-refractivity contribution in [1.82, 2.24) is 9.88 Å². The van der Waals surface area contributed by atoms with Gasteiger partial charge in [-0.05, 0) is 54.2 Å². The van der Waals surface area contributed by atoms with E-state index in [1.54, 1.807) is 23.1 Å². The number of anilines is 1. The van der Waals surface area contributed by atoms with E-state index in [4.69, 9.17) is 4.98 Å². The summed E-state index contributed by atoms with van der Waals surface area (Å²) in [5, 5.41) is 14.8. The number of aromatic nitrogens is 1. The van der Waals surface area contributed by atoms with Gasteiger partial charge in [0.25, 0.3) is 0 Å². The lowest BCUT2D eigenvalue weighted by molar-refractivity contribution is -0.144. The molecule has 8 nitrogen and oxygen atoms in total. The van der Waals surface area contributed by atoms with Gasteiger partial charge in [-0.15, -0.1) is 11.3 Å². The number of carbonyl (C=O) groups excluding carboxylic acids is 2. The smallest absolute Gasteiger partial charge is 0.241 e. The molecule has 0 spiro atoms. The molecule has 1 fully saturated rings. The Kier molecular flexibility index (Phi) is 8.60. The monoisotopic (exact) mass is 609 g/mol. The fourth-order valence-corrected chi connectivity index (χ4v) is 9.54. The zero-order chi connectivity index (χ0) is 30.2. The molecule has 1 aromatic heterocycles. The molecule has 0 bridgehead atoms. The van der Waals surface area contributed by atoms with Gasteiger partial charge in [0.15, 0.2) is 15.0 Å². The number of thiazole rings is 1. The number of nitrogens with one attached hydrogen (secondary N) is 1. The van der Waals surface area contributed by atoms with Gasteiger partial charge < -0.3 is 15.3 Å². The van der Waals surface area contributed by atoms with Crippen LogP contribution in [-0.2, 0) is 32.4 Å². The van der Waals surface area contributed by atoms with Crippen molar-refractivity contribution < 1.29 is 23.1 Å². The van der Waals surface area contributed by atoms with Gasteiger partial charge in [0.1, 0.15) is 5.75 Å². The molecule has 1 saturated carbocycles. The quantitative estimate of drug-likeness (QED) is 0.375. The molecule has 2 N–H and O–H groups in total. The van der Waals surface area contributed by atoms with Gasteiger partial charge in [-0.2, -0.15) is 0 Å². The van der Waals surface area contributed by atoms with Crippen LogP contribution in [0.25, 0.3) is 0 Å². The van der Waals surface area contributed by atoms with E-state index in [0.29, 0.717) is 18.1 Å². The zero-order valence-corrected chi connectivity index (χ0v) is 26.1. The predicted octanol–water partition coefficient (Wildman–Crippen LogP) is 4.90. The van der Waals surface area contributed by atoms with Crippen LogP contribution in [0.15, 0.2) is 65.6 Å². The van der Waals surface area contributed by atoms with Crippen molar-refractivity contribution in [3.63, 3.8) is 0 Å². The van der Waals surface area contributed by atoms with Crippen LogP contribution in [-0.4, -0.2) is 54.1 Å². The average molecular weight is 610 g/mol. The Balaban J connectivity index is 1.28. The minimum absolute atomic E-state index is 0.0276. The summed E-state index contributed by atoms with van der Waals surface area (Å²) in [5.41, 5.74) is 1.73. The molecule has 2 aliphatic carbocycles. The number of hydrogen-bond acceptors (Lipinski definition) is 7. The van der Waals surface area contributed by atoms with Crippen LogP contribution in [0, 0.1) is 23.2 Å². The van der Waals surface area contributed by atoms with Crippen LogP contribution in [0.2, 0.25) is 0 Å². The van der Waals surface area contributed by atoms with Crippen molar-refractivity contribution in [2.45, 2.75) is 63.5 Å². The second-order valence-corrected chi connectivity index (χ2v) is 15.3. The third kappa shape index (κ3) is 6.02. The minimum atomic E-state index is -3.77. The Bertz CT molecular complexity index is 1540. The molecule has 2 aliphatic rings. The summed E-state index contributed by atoms with van der Waals surface area (Å²) in [5.74, 6) is -1.95. The summed E-state index contributed by atoms with van der Waals surface area (Å²) in [6, 6.07) is 17.8. The zero-order valence-electron chi connectivity index (χ0n) is 24.5. The molecule has 0 unspecified atom stereocenters. The minimum Gasteiger partial charge on any atom is -0.392 e. The molecular weight excluding hydrogens is 571 g/mol. The van der Waals surface area contributed by atoms with Crippen LogP contribution < -0.4 is 5.32 Å². The van der Waals surface area contributed by atoms with Gasteiger partial charge in [-0.25, -0.2) is 13.4 Å². The van der Waals surface area contributed by atoms with Crippen molar-refractivity contribution in [2.75, 3.05) is 18.1 Å². The Hall–Kier alpha value is -3.08. The van der Waals surface area contributed by atoms with E-state index in [1.807, 2.05) is 44.3 Å². The summed E-state index contributed by atoms with van der Waals surface area (Å²) in [4.78, 5) is 33.8. The lowest BCUT2D eigenvalue weighted by Gasteiger charge is -2.53. The average Bonchev–Trinajstić information content (AvgIpc) is 3.34. The first-order chi connectivity index (χ1) is 19.9. The number of benzene rings is 2. The first kappa shape index (κ1) is 30.4. The van der Waals surface area contributed by atoms with E-state index in [2.05, 4.69) is 19.2 Å². The Morgan fingerprint density at radius 2 is 1.79 bits per heavy atom. The molecule has 0 saturated heterocycles. The number of aliphatic hydroxyl groups is 1. The van der Waals surface area contributed by atoms with Crippen LogP contribution in [0.5, 0.6) is 0 Å². The standard InChI is InChI=1S/C32H39N3O5S2/c1-20(30(38)35(4)18-22-11-7-5-8-12-22)24-15-16-32(3)17-25-28(21(2)27(32)29(24)37)34-31(41-25)33-26(36)19-42(39,40)23-13-9-6-10-14-23/h5-14,20-21,24,27,29,37H,15-19H2,1-4H3,(H,33,34,36)/t20-,21-,24-,27+,29-,32-/m0/s1. The maximum atomic E-state index is 13.4. The first-order valence-corrected chi connectivity index (χ1v) is 16.9. The first-order valence-electron chi connectivity index (χ1n) is 14.4. The molecular formula is C32H39N3O5S2. The fourth-order valence-electron chi connectivity index (χ4n) is 7.11. The highest BCUT2D eigenvalue weighted by atomic mass is 32.2. The largest absolute Gasteiger partial charge is 0.392 e. The number of aliphatic hydroxyl groups excluding tert-OH is 1. The van der Waals surface area contributed by atoms with Crippen molar-refractivity contribution in [3.05, 3.63) is 76.8 Å². The van der Waals surface area contributed by atoms with Crippen LogP contribution >= 0.6 is 11.3 Å². The maximum absolute atomic E-state index is 13.4. The molecule has 6 atom stereocenters. The molecule has 224 valence electrons. The highest BCUT2D eigenvalue weighted by Gasteiger charge is 2.54. The van der Waals surface area contributed by atoms with Crippen molar-refractivity contribution in [3.8, 4) is 0 Å². The Morgan fingerprint density at radius 3 is 2.45 bits per heavy atom. The lowest BCUT2D eigenvalue weighted by atomic mass is 9.53. The van der Waals surface area contributed by atoms with Gasteiger partial charge in [-0.3, -0.25) is 9.59 Å². The van der Waals surface area contributed by atoms with E-state index in [0.717, 1.165) is 29.0 Å². The molecule has 2 aromatic carbocycles. The fraction of sp³-hybridized carbons (Fsp3) is 0.469. The molecule has 42 heavy (non-hydrogen) atoms. The molecule has 0 radical (unpaired) electrons. The number of sulfone groups is 1. The number of amides is 2. The van der Waals surface area contributed by atoms with Crippen LogP contribution in [0.3, 0.4) is 0 Å². The van der Waals surface area contributed by atoms with E-state index in [1.165, 1.54) is 23.5 Å². The topological polar surface area (TPSA) is 117 Å². The van der Waals surface area contributed by atoms with Gasteiger partial charge in [-0.1, -0.05) is 69.3 Å². The number of carbonyl (C=O) groups is 2. The predicted molar refractivity (Wildman–Crippen MR) is 164 cm³/mol. The summed E-state index contributed by atoms with van der Waals surface area (Å²) in [7, 11) is -1.96. The van der Waals surface area contributed by atoms with E-state index in [-0.39, 0.29) is 39.9 Å². The number of fused-ring (bicyclic) bond motifs is 2. The Morgan fingerprint density at radius 1 is 1.14 bits per heavy atom. The molecule has 10 heteroatoms. The number of rotatable bonds is 8. The third-order valence-electron chi connectivity index (χ3n) is 9.26. The van der Waals surface area contributed by atoms with Crippen molar-refractivity contribution >= 4 is 38.1 Å². The highest BCUT2D eigenvalue weighted by Crippen LogP contribution is 2.57. The van der Waals surface area contributed by atoms with E-state index < -0.39 is 27.6 Å².